The Morgan fingerprint density at radius 3 is 2.80 bits per heavy atom. The minimum atomic E-state index is 0.0669. The maximum absolute atomic E-state index is 5.68. The van der Waals surface area contributed by atoms with Crippen LogP contribution in [0, 0.1) is 6.92 Å². The summed E-state index contributed by atoms with van der Waals surface area (Å²) in [7, 11) is 1.64. The van der Waals surface area contributed by atoms with E-state index in [9.17, 15) is 0 Å². The maximum Gasteiger partial charge on any atom is 0.137 e. The zero-order chi connectivity index (χ0) is 14.4. The van der Waals surface area contributed by atoms with Gasteiger partial charge in [-0.1, -0.05) is 24.3 Å². The molecule has 2 aromatic rings. The van der Waals surface area contributed by atoms with Gasteiger partial charge < -0.3 is 4.74 Å². The number of hydrogen-bond donors (Lipinski definition) is 2. The van der Waals surface area contributed by atoms with Crippen LogP contribution in [-0.4, -0.2) is 12.1 Å². The van der Waals surface area contributed by atoms with Crippen molar-refractivity contribution in [2.45, 2.75) is 25.8 Å². The van der Waals surface area contributed by atoms with Gasteiger partial charge in [0.25, 0.3) is 0 Å². The van der Waals surface area contributed by atoms with Crippen LogP contribution in [0.15, 0.2) is 42.7 Å². The van der Waals surface area contributed by atoms with Crippen LogP contribution in [0.25, 0.3) is 0 Å². The Kier molecular flexibility index (Phi) is 5.09. The molecule has 0 aliphatic heterocycles. The minimum Gasteiger partial charge on any atom is -0.495 e. The standard InChI is InChI=1S/C16H21N3O/c1-12-5-3-4-6-13(12)7-8-16(19-17)14-9-15(20-2)11-18-10-14/h3-6,9-11,16,19H,7-8,17H2,1-2H3. The fourth-order valence-corrected chi connectivity index (χ4v) is 2.27. The van der Waals surface area contributed by atoms with Gasteiger partial charge in [-0.3, -0.25) is 16.3 Å². The second-order valence-corrected chi connectivity index (χ2v) is 4.84. The first-order valence-electron chi connectivity index (χ1n) is 6.74. The van der Waals surface area contributed by atoms with Crippen LogP contribution in [0.2, 0.25) is 0 Å². The fourth-order valence-electron chi connectivity index (χ4n) is 2.27. The van der Waals surface area contributed by atoms with E-state index in [-0.39, 0.29) is 6.04 Å². The number of methoxy groups -OCH3 is 1. The number of hydrogen-bond acceptors (Lipinski definition) is 4. The van der Waals surface area contributed by atoms with Crippen molar-refractivity contribution in [1.29, 1.82) is 0 Å². The van der Waals surface area contributed by atoms with Crippen molar-refractivity contribution >= 4 is 0 Å². The van der Waals surface area contributed by atoms with Gasteiger partial charge >= 0.3 is 0 Å². The van der Waals surface area contributed by atoms with Crippen LogP contribution in [-0.2, 0) is 6.42 Å². The molecule has 1 heterocycles. The second kappa shape index (κ2) is 7.03. The smallest absolute Gasteiger partial charge is 0.137 e. The molecule has 0 fully saturated rings. The van der Waals surface area contributed by atoms with Crippen LogP contribution in [0.1, 0.15) is 29.2 Å². The van der Waals surface area contributed by atoms with E-state index in [1.54, 1.807) is 13.3 Å². The number of ether oxygens (including phenoxy) is 1. The Balaban J connectivity index is 2.07. The Bertz CT molecular complexity index is 557. The number of hydrazine groups is 1. The van der Waals surface area contributed by atoms with E-state index in [1.807, 2.05) is 12.3 Å². The third kappa shape index (κ3) is 3.56. The fraction of sp³-hybridized carbons (Fsp3) is 0.312. The zero-order valence-electron chi connectivity index (χ0n) is 12.0. The zero-order valence-corrected chi connectivity index (χ0v) is 12.0. The Morgan fingerprint density at radius 2 is 2.10 bits per heavy atom. The molecule has 2 rings (SSSR count). The summed E-state index contributed by atoms with van der Waals surface area (Å²) in [6.45, 7) is 2.13. The summed E-state index contributed by atoms with van der Waals surface area (Å²) in [5.41, 5.74) is 6.57. The number of aryl methyl sites for hydroxylation is 2. The largest absolute Gasteiger partial charge is 0.495 e. The lowest BCUT2D eigenvalue weighted by Crippen LogP contribution is -2.28. The molecule has 106 valence electrons. The van der Waals surface area contributed by atoms with Gasteiger partial charge in [0.1, 0.15) is 5.75 Å². The van der Waals surface area contributed by atoms with E-state index in [0.717, 1.165) is 24.2 Å². The van der Waals surface area contributed by atoms with Crippen molar-refractivity contribution in [3.05, 3.63) is 59.4 Å². The molecule has 0 saturated carbocycles. The average Bonchev–Trinajstić information content (AvgIpc) is 2.50. The normalized spacial score (nSPS) is 12.2. The van der Waals surface area contributed by atoms with Crippen molar-refractivity contribution in [2.75, 3.05) is 7.11 Å². The third-order valence-electron chi connectivity index (χ3n) is 3.54. The SMILES string of the molecule is COc1cncc(C(CCc2ccccc2C)NN)c1. The molecule has 20 heavy (non-hydrogen) atoms. The van der Waals surface area contributed by atoms with Crippen LogP contribution >= 0.6 is 0 Å². The lowest BCUT2D eigenvalue weighted by Gasteiger charge is -2.17. The Hall–Kier alpha value is -1.91. The predicted molar refractivity (Wildman–Crippen MR) is 80.4 cm³/mol. The highest BCUT2D eigenvalue weighted by Crippen LogP contribution is 2.22. The molecule has 0 aliphatic rings. The van der Waals surface area contributed by atoms with Crippen LogP contribution < -0.4 is 16.0 Å². The van der Waals surface area contributed by atoms with E-state index in [1.165, 1.54) is 11.1 Å². The number of aromatic nitrogens is 1. The summed E-state index contributed by atoms with van der Waals surface area (Å²) in [5.74, 6) is 6.43. The van der Waals surface area contributed by atoms with Gasteiger partial charge in [-0.2, -0.15) is 0 Å². The molecule has 0 aliphatic carbocycles. The molecule has 4 nitrogen and oxygen atoms in total. The van der Waals surface area contributed by atoms with Crippen molar-refractivity contribution in [2.24, 2.45) is 5.84 Å². The molecule has 0 saturated heterocycles. The minimum absolute atomic E-state index is 0.0669. The van der Waals surface area contributed by atoms with E-state index in [2.05, 4.69) is 41.6 Å². The highest BCUT2D eigenvalue weighted by molar-refractivity contribution is 5.28. The van der Waals surface area contributed by atoms with E-state index < -0.39 is 0 Å². The molecule has 1 atom stereocenters. The molecule has 1 unspecified atom stereocenters. The van der Waals surface area contributed by atoms with Crippen molar-refractivity contribution in [1.82, 2.24) is 10.4 Å². The summed E-state index contributed by atoms with van der Waals surface area (Å²) in [6.07, 6.45) is 5.40. The topological polar surface area (TPSA) is 60.2 Å². The molecule has 0 spiro atoms. The van der Waals surface area contributed by atoms with Crippen molar-refractivity contribution in [3.8, 4) is 5.75 Å². The summed E-state index contributed by atoms with van der Waals surface area (Å²) in [6, 6.07) is 10.5. The van der Waals surface area contributed by atoms with Crippen molar-refractivity contribution < 1.29 is 4.74 Å². The lowest BCUT2D eigenvalue weighted by molar-refractivity contribution is 0.410. The summed E-state index contributed by atoms with van der Waals surface area (Å²) in [4.78, 5) is 4.18. The van der Waals surface area contributed by atoms with Crippen molar-refractivity contribution in [3.63, 3.8) is 0 Å². The first-order valence-corrected chi connectivity index (χ1v) is 6.74. The summed E-state index contributed by atoms with van der Waals surface area (Å²) < 4.78 is 5.20. The Morgan fingerprint density at radius 1 is 1.30 bits per heavy atom. The van der Waals surface area contributed by atoms with E-state index in [4.69, 9.17) is 10.6 Å². The number of pyridine rings is 1. The van der Waals surface area contributed by atoms with Crippen LogP contribution in [0.5, 0.6) is 5.75 Å². The van der Waals surface area contributed by atoms with Gasteiger partial charge in [0, 0.05) is 12.2 Å². The van der Waals surface area contributed by atoms with E-state index in [0.29, 0.717) is 0 Å². The van der Waals surface area contributed by atoms with Gasteiger partial charge in [-0.25, -0.2) is 0 Å². The maximum atomic E-state index is 5.68. The summed E-state index contributed by atoms with van der Waals surface area (Å²) >= 11 is 0. The highest BCUT2D eigenvalue weighted by Gasteiger charge is 2.11. The molecular formula is C16H21N3O. The van der Waals surface area contributed by atoms with Crippen LogP contribution in [0.4, 0.5) is 0 Å². The quantitative estimate of drug-likeness (QED) is 0.626. The first kappa shape index (κ1) is 14.5. The molecule has 3 N–H and O–H groups in total. The number of nitrogens with zero attached hydrogens (tertiary/aromatic N) is 1. The average molecular weight is 271 g/mol. The monoisotopic (exact) mass is 271 g/mol. The van der Waals surface area contributed by atoms with Crippen LogP contribution in [0.3, 0.4) is 0 Å². The molecular weight excluding hydrogens is 250 g/mol. The summed E-state index contributed by atoms with van der Waals surface area (Å²) in [5, 5.41) is 0. The third-order valence-corrected chi connectivity index (χ3v) is 3.54. The molecule has 1 aromatic heterocycles. The predicted octanol–water partition coefficient (Wildman–Crippen LogP) is 2.54. The molecule has 4 heteroatoms. The van der Waals surface area contributed by atoms with E-state index >= 15 is 0 Å². The Labute approximate surface area is 120 Å². The highest BCUT2D eigenvalue weighted by atomic mass is 16.5. The second-order valence-electron chi connectivity index (χ2n) is 4.84. The molecule has 0 radical (unpaired) electrons. The van der Waals surface area contributed by atoms with Gasteiger partial charge in [0.2, 0.25) is 0 Å². The molecule has 0 amide bonds. The van der Waals surface area contributed by atoms with Gasteiger partial charge in [-0.05, 0) is 42.5 Å². The number of rotatable bonds is 6. The first-order chi connectivity index (χ1) is 9.74. The molecule has 1 aromatic carbocycles. The number of nitrogens with one attached hydrogen (secondary N) is 1. The number of nitrogens with two attached hydrogens (primary N) is 1. The van der Waals surface area contributed by atoms with Gasteiger partial charge in [-0.15, -0.1) is 0 Å². The van der Waals surface area contributed by atoms with Gasteiger partial charge in [0.15, 0.2) is 0 Å². The van der Waals surface area contributed by atoms with Gasteiger partial charge in [0.05, 0.1) is 13.3 Å². The lowest BCUT2D eigenvalue weighted by atomic mass is 9.98. The molecule has 0 bridgehead atoms. The number of benzene rings is 1.